The minimum absolute atomic E-state index is 0.00816. The van der Waals surface area contributed by atoms with Crippen molar-refractivity contribution >= 4 is 23.6 Å². The number of aromatic nitrogens is 2. The zero-order chi connectivity index (χ0) is 39.3. The van der Waals surface area contributed by atoms with Crippen molar-refractivity contribution < 1.29 is 29.4 Å². The van der Waals surface area contributed by atoms with Gasteiger partial charge in [0.2, 0.25) is 23.6 Å². The monoisotopic (exact) mass is 748 g/mol. The maximum absolute atomic E-state index is 14.1. The summed E-state index contributed by atoms with van der Waals surface area (Å²) in [6.45, 7) is 5.88. The normalized spacial score (nSPS) is 18.7. The molecule has 290 valence electrons. The maximum Gasteiger partial charge on any atom is 0.245 e. The topological polar surface area (TPSA) is 174 Å². The van der Waals surface area contributed by atoms with Crippen molar-refractivity contribution in [2.45, 2.75) is 89.3 Å². The molecule has 1 saturated heterocycles. The van der Waals surface area contributed by atoms with Crippen molar-refractivity contribution in [2.75, 3.05) is 6.54 Å². The highest BCUT2D eigenvalue weighted by Gasteiger charge is 2.46. The molecule has 5 N–H and O–H groups in total. The number of amides is 4. The third kappa shape index (κ3) is 11.3. The minimum atomic E-state index is -1.54. The number of aliphatic hydroxyl groups excluding tert-OH is 2. The fourth-order valence-electron chi connectivity index (χ4n) is 7.05. The second-order valence-electron chi connectivity index (χ2n) is 14.5. The smallest absolute Gasteiger partial charge is 0.245 e. The van der Waals surface area contributed by atoms with E-state index in [9.17, 15) is 29.4 Å². The van der Waals surface area contributed by atoms with Crippen molar-refractivity contribution in [3.05, 3.63) is 132 Å². The first kappa shape index (κ1) is 40.7. The lowest BCUT2D eigenvalue weighted by Gasteiger charge is -2.38. The Hall–Kier alpha value is -5.46. The minimum Gasteiger partial charge on any atom is -0.388 e. The Morgan fingerprint density at radius 3 is 1.85 bits per heavy atom. The number of nitrogens with zero attached hydrogens (tertiary/aromatic N) is 3. The summed E-state index contributed by atoms with van der Waals surface area (Å²) >= 11 is 0. The van der Waals surface area contributed by atoms with Gasteiger partial charge in [-0.1, -0.05) is 100.0 Å². The number of nitrogens with one attached hydrogen (secondary N) is 3. The van der Waals surface area contributed by atoms with Crippen LogP contribution in [0.1, 0.15) is 49.7 Å². The lowest BCUT2D eigenvalue weighted by atomic mass is 9.89. The Kier molecular flexibility index (Phi) is 14.6. The Labute approximate surface area is 322 Å². The summed E-state index contributed by atoms with van der Waals surface area (Å²) in [5.41, 5.74) is 2.77. The van der Waals surface area contributed by atoms with Gasteiger partial charge in [0.25, 0.3) is 0 Å². The lowest BCUT2D eigenvalue weighted by molar-refractivity contribution is -0.139. The number of benzene rings is 2. The van der Waals surface area contributed by atoms with Gasteiger partial charge in [0, 0.05) is 36.2 Å². The summed E-state index contributed by atoms with van der Waals surface area (Å²) in [4.78, 5) is 64.4. The van der Waals surface area contributed by atoms with Crippen molar-refractivity contribution in [1.82, 2.24) is 30.8 Å². The van der Waals surface area contributed by atoms with Crippen LogP contribution in [0.3, 0.4) is 0 Å². The molecule has 1 aliphatic heterocycles. The quantitative estimate of drug-likeness (QED) is 0.103. The fraction of sp³-hybridized carbons (Fsp3) is 0.395. The molecule has 12 heteroatoms. The Balaban J connectivity index is 1.39. The predicted octanol–water partition coefficient (Wildman–Crippen LogP) is 2.82. The SMILES string of the molecule is CCC(C)[C@H](NC(=O)Cc1ccccn1)C(=O)N[C@@H](Cc1ccccc1)[C@@H](O)[C@H](O)[C@H](Cc1ccccc1)N1CC(C)[C@H](NC(=O)Cc2ccccn2)C1=O. The van der Waals surface area contributed by atoms with Crippen LogP contribution < -0.4 is 16.0 Å². The number of likely N-dealkylation sites (tertiary alicyclic amines) is 1. The molecule has 0 saturated carbocycles. The van der Waals surface area contributed by atoms with Crippen LogP contribution in [0.4, 0.5) is 0 Å². The molecular weight excluding hydrogens is 697 g/mol. The number of rotatable bonds is 18. The van der Waals surface area contributed by atoms with Gasteiger partial charge < -0.3 is 31.1 Å². The lowest BCUT2D eigenvalue weighted by Crippen LogP contribution is -2.60. The Morgan fingerprint density at radius 1 is 0.764 bits per heavy atom. The molecule has 0 radical (unpaired) electrons. The van der Waals surface area contributed by atoms with Crippen LogP contribution in [0, 0.1) is 11.8 Å². The van der Waals surface area contributed by atoms with Crippen LogP contribution in [0.25, 0.3) is 0 Å². The van der Waals surface area contributed by atoms with Crippen LogP contribution in [0.5, 0.6) is 0 Å². The van der Waals surface area contributed by atoms with E-state index in [4.69, 9.17) is 0 Å². The number of hydrogen-bond acceptors (Lipinski definition) is 8. The van der Waals surface area contributed by atoms with Crippen LogP contribution in [-0.4, -0.2) is 91.6 Å². The largest absolute Gasteiger partial charge is 0.388 e. The van der Waals surface area contributed by atoms with E-state index < -0.39 is 42.3 Å². The van der Waals surface area contributed by atoms with Gasteiger partial charge in [-0.25, -0.2) is 0 Å². The van der Waals surface area contributed by atoms with Gasteiger partial charge in [-0.3, -0.25) is 29.1 Å². The van der Waals surface area contributed by atoms with Crippen LogP contribution in [-0.2, 0) is 44.9 Å². The second-order valence-corrected chi connectivity index (χ2v) is 14.5. The Bertz CT molecular complexity index is 1830. The third-order valence-electron chi connectivity index (χ3n) is 10.3. The molecule has 55 heavy (non-hydrogen) atoms. The van der Waals surface area contributed by atoms with Gasteiger partial charge in [0.1, 0.15) is 24.3 Å². The van der Waals surface area contributed by atoms with Gasteiger partial charge in [0.05, 0.1) is 24.9 Å². The first-order valence-corrected chi connectivity index (χ1v) is 19.0. The number of aliphatic hydroxyl groups is 2. The van der Waals surface area contributed by atoms with Crippen molar-refractivity contribution in [1.29, 1.82) is 0 Å². The highest BCUT2D eigenvalue weighted by Crippen LogP contribution is 2.27. The predicted molar refractivity (Wildman–Crippen MR) is 208 cm³/mol. The molecule has 4 aromatic rings. The summed E-state index contributed by atoms with van der Waals surface area (Å²) in [6.07, 6.45) is 1.10. The molecule has 8 atom stereocenters. The van der Waals surface area contributed by atoms with E-state index >= 15 is 0 Å². The van der Waals surface area contributed by atoms with Crippen LogP contribution in [0.15, 0.2) is 109 Å². The van der Waals surface area contributed by atoms with Crippen molar-refractivity contribution in [2.24, 2.45) is 11.8 Å². The van der Waals surface area contributed by atoms with E-state index in [0.29, 0.717) is 17.8 Å². The van der Waals surface area contributed by atoms with E-state index in [1.807, 2.05) is 81.4 Å². The van der Waals surface area contributed by atoms with E-state index in [-0.39, 0.29) is 61.8 Å². The molecule has 5 rings (SSSR count). The standard InChI is InChI=1S/C43H52N6O6/c1-4-28(2)38(47-36(50)25-32-19-11-13-21-44-32)42(54)46-34(23-30-15-7-5-8-16-30)40(52)41(53)35(24-31-17-9-6-10-18-31)49-27-29(3)39(43(49)55)48-37(51)26-33-20-12-14-22-45-33/h5-22,28-29,34-35,38-41,52-53H,4,23-27H2,1-3H3,(H,46,54)(H,47,50)(H,48,51)/t28?,29?,34-,35-,38-,39-,40+,41+/m0/s1. The fourth-order valence-corrected chi connectivity index (χ4v) is 7.05. The third-order valence-corrected chi connectivity index (χ3v) is 10.3. The van der Waals surface area contributed by atoms with Crippen molar-refractivity contribution in [3.63, 3.8) is 0 Å². The summed E-state index contributed by atoms with van der Waals surface area (Å²) < 4.78 is 0. The van der Waals surface area contributed by atoms with Gasteiger partial charge in [-0.2, -0.15) is 0 Å². The van der Waals surface area contributed by atoms with Gasteiger partial charge in [-0.05, 0) is 54.2 Å². The zero-order valence-electron chi connectivity index (χ0n) is 31.6. The van der Waals surface area contributed by atoms with E-state index in [1.165, 1.54) is 0 Å². The van der Waals surface area contributed by atoms with Crippen molar-refractivity contribution in [3.8, 4) is 0 Å². The maximum atomic E-state index is 14.1. The van der Waals surface area contributed by atoms with Crippen LogP contribution in [0.2, 0.25) is 0 Å². The Morgan fingerprint density at radius 2 is 1.31 bits per heavy atom. The number of carbonyl (C=O) groups excluding carboxylic acids is 4. The summed E-state index contributed by atoms with van der Waals surface area (Å²) in [6, 6.07) is 25.5. The highest BCUT2D eigenvalue weighted by molar-refractivity contribution is 5.90. The average Bonchev–Trinajstić information content (AvgIpc) is 3.47. The molecular formula is C43H52N6O6. The average molecular weight is 749 g/mol. The molecule has 3 heterocycles. The number of pyridine rings is 2. The van der Waals surface area contributed by atoms with Gasteiger partial charge >= 0.3 is 0 Å². The summed E-state index contributed by atoms with van der Waals surface area (Å²) in [5, 5.41) is 33.0. The van der Waals surface area contributed by atoms with Gasteiger partial charge in [0.15, 0.2) is 0 Å². The van der Waals surface area contributed by atoms with E-state index in [1.54, 1.807) is 53.7 Å². The van der Waals surface area contributed by atoms with Gasteiger partial charge in [-0.15, -0.1) is 0 Å². The summed E-state index contributed by atoms with van der Waals surface area (Å²) in [5.74, 6) is -2.15. The molecule has 2 aromatic heterocycles. The molecule has 1 fully saturated rings. The summed E-state index contributed by atoms with van der Waals surface area (Å²) in [7, 11) is 0. The molecule has 0 aliphatic carbocycles. The first-order chi connectivity index (χ1) is 26.5. The molecule has 0 spiro atoms. The zero-order valence-corrected chi connectivity index (χ0v) is 31.6. The molecule has 1 aliphatic rings. The molecule has 4 amide bonds. The molecule has 2 unspecified atom stereocenters. The second kappa shape index (κ2) is 19.7. The molecule has 0 bridgehead atoms. The van der Waals surface area contributed by atoms with E-state index in [0.717, 1.165) is 11.1 Å². The first-order valence-electron chi connectivity index (χ1n) is 19.0. The molecule has 2 aromatic carbocycles. The number of carbonyl (C=O) groups is 4. The van der Waals surface area contributed by atoms with Crippen LogP contribution >= 0.6 is 0 Å². The highest BCUT2D eigenvalue weighted by atomic mass is 16.3. The van der Waals surface area contributed by atoms with E-state index in [2.05, 4.69) is 25.9 Å². The molecule has 12 nitrogen and oxygen atoms in total. The number of hydrogen-bond donors (Lipinski definition) is 5.